The number of nitrogens with zero attached hydrogens (tertiary/aromatic N) is 2. The Hall–Kier alpha value is -2.69. The van der Waals surface area contributed by atoms with Crippen LogP contribution < -0.4 is 11.2 Å². The maximum atomic E-state index is 13.2. The Morgan fingerprint density at radius 1 is 1.47 bits per heavy atom. The molecule has 88 valence electrons. The Morgan fingerprint density at radius 3 is 2.41 bits per heavy atom. The predicted molar refractivity (Wildman–Crippen MR) is 56.6 cm³/mol. The summed E-state index contributed by atoms with van der Waals surface area (Å²) in [5.41, 5.74) is 5.73. The highest BCUT2D eigenvalue weighted by molar-refractivity contribution is 6.45. The second-order valence-corrected chi connectivity index (χ2v) is 2.88. The van der Waals surface area contributed by atoms with E-state index < -0.39 is 34.6 Å². The number of halogens is 2. The molecule has 0 saturated carbocycles. The number of hydrogen-bond donors (Lipinski definition) is 4. The molecule has 1 rings (SSSR count). The summed E-state index contributed by atoms with van der Waals surface area (Å²) in [6.45, 7) is 0. The largest absolute Gasteiger partial charge is 0.508 e. The van der Waals surface area contributed by atoms with Crippen LogP contribution in [0.1, 0.15) is 0 Å². The number of phenols is 1. The number of nitriles is 1. The molecule has 0 atom stereocenters. The lowest BCUT2D eigenvalue weighted by molar-refractivity contribution is 0.461. The lowest BCUT2D eigenvalue weighted by Gasteiger charge is -2.04. The summed E-state index contributed by atoms with van der Waals surface area (Å²) in [6.07, 6.45) is 0. The van der Waals surface area contributed by atoms with Crippen molar-refractivity contribution in [2.75, 3.05) is 5.43 Å². The molecule has 5 N–H and O–H groups in total. The summed E-state index contributed by atoms with van der Waals surface area (Å²) >= 11 is 0. The van der Waals surface area contributed by atoms with Crippen molar-refractivity contribution in [3.05, 3.63) is 23.8 Å². The average Bonchev–Trinajstić information content (AvgIpc) is 2.21. The normalized spacial score (nSPS) is 10.8. The summed E-state index contributed by atoms with van der Waals surface area (Å²) < 4.78 is 26.3. The Balaban J connectivity index is 3.05. The lowest BCUT2D eigenvalue weighted by atomic mass is 10.3. The van der Waals surface area contributed by atoms with E-state index in [1.807, 2.05) is 5.43 Å². The van der Waals surface area contributed by atoms with Crippen molar-refractivity contribution >= 4 is 17.2 Å². The molecule has 0 bridgehead atoms. The second-order valence-electron chi connectivity index (χ2n) is 2.88. The van der Waals surface area contributed by atoms with Crippen LogP contribution in [0, 0.1) is 28.4 Å². The van der Waals surface area contributed by atoms with E-state index in [0.717, 1.165) is 0 Å². The molecular weight excluding hydrogens is 232 g/mol. The van der Waals surface area contributed by atoms with Gasteiger partial charge in [0.05, 0.1) is 0 Å². The van der Waals surface area contributed by atoms with Crippen LogP contribution in [0.2, 0.25) is 0 Å². The number of rotatable bonds is 3. The predicted octanol–water partition coefficient (Wildman–Crippen LogP) is 0.898. The van der Waals surface area contributed by atoms with E-state index >= 15 is 0 Å². The minimum absolute atomic E-state index is 0.517. The van der Waals surface area contributed by atoms with Gasteiger partial charge in [0.15, 0.2) is 17.5 Å². The number of aromatic hydroxyl groups is 1. The van der Waals surface area contributed by atoms with E-state index in [1.54, 1.807) is 0 Å². The highest BCUT2D eigenvalue weighted by Crippen LogP contribution is 2.23. The van der Waals surface area contributed by atoms with Crippen LogP contribution in [0.4, 0.5) is 14.5 Å². The SMILES string of the molecule is N#C/C(=N\Nc1c(F)cc(O)cc1F)C(=N)N. The number of hydrogen-bond acceptors (Lipinski definition) is 5. The first kappa shape index (κ1) is 12.4. The summed E-state index contributed by atoms with van der Waals surface area (Å²) in [4.78, 5) is 0. The smallest absolute Gasteiger partial charge is 0.201 e. The van der Waals surface area contributed by atoms with E-state index in [9.17, 15) is 8.78 Å². The third kappa shape index (κ3) is 2.88. The molecule has 8 heteroatoms. The molecule has 0 fully saturated rings. The van der Waals surface area contributed by atoms with Crippen LogP contribution in [-0.2, 0) is 0 Å². The fourth-order valence-corrected chi connectivity index (χ4v) is 0.924. The number of phenolic OH excluding ortho intramolecular Hbond substituents is 1. The zero-order chi connectivity index (χ0) is 13.0. The fourth-order valence-electron chi connectivity index (χ4n) is 0.924. The van der Waals surface area contributed by atoms with Crippen LogP contribution in [-0.4, -0.2) is 16.7 Å². The van der Waals surface area contributed by atoms with Gasteiger partial charge < -0.3 is 10.8 Å². The third-order valence-electron chi connectivity index (χ3n) is 1.67. The number of amidine groups is 1. The minimum Gasteiger partial charge on any atom is -0.508 e. The van der Waals surface area contributed by atoms with Crippen molar-refractivity contribution in [3.63, 3.8) is 0 Å². The van der Waals surface area contributed by atoms with Gasteiger partial charge in [-0.25, -0.2) is 8.78 Å². The van der Waals surface area contributed by atoms with Gasteiger partial charge in [-0.3, -0.25) is 10.8 Å². The van der Waals surface area contributed by atoms with Gasteiger partial charge in [-0.1, -0.05) is 0 Å². The van der Waals surface area contributed by atoms with E-state index in [-0.39, 0.29) is 0 Å². The maximum absolute atomic E-state index is 13.2. The van der Waals surface area contributed by atoms with Crippen LogP contribution in [0.15, 0.2) is 17.2 Å². The first-order valence-corrected chi connectivity index (χ1v) is 4.22. The molecule has 0 aliphatic rings. The van der Waals surface area contributed by atoms with Gasteiger partial charge >= 0.3 is 0 Å². The number of hydrazone groups is 1. The Morgan fingerprint density at radius 2 is 2.00 bits per heavy atom. The van der Waals surface area contributed by atoms with E-state index in [0.29, 0.717) is 12.1 Å². The Kier molecular flexibility index (Phi) is 3.56. The van der Waals surface area contributed by atoms with Crippen LogP contribution >= 0.6 is 0 Å². The van der Waals surface area contributed by atoms with Crippen molar-refractivity contribution in [3.8, 4) is 11.8 Å². The number of anilines is 1. The van der Waals surface area contributed by atoms with Crippen molar-refractivity contribution in [2.45, 2.75) is 0 Å². The van der Waals surface area contributed by atoms with Crippen LogP contribution in [0.3, 0.4) is 0 Å². The Labute approximate surface area is 94.5 Å². The van der Waals surface area contributed by atoms with E-state index in [4.69, 9.17) is 21.5 Å². The first-order chi connectivity index (χ1) is 7.95. The first-order valence-electron chi connectivity index (χ1n) is 4.22. The van der Waals surface area contributed by atoms with E-state index in [2.05, 4.69) is 5.10 Å². The number of benzene rings is 1. The fraction of sp³-hybridized carbons (Fsp3) is 0. The van der Waals surface area contributed by atoms with Crippen LogP contribution in [0.5, 0.6) is 5.75 Å². The molecule has 0 heterocycles. The second kappa shape index (κ2) is 4.89. The summed E-state index contributed by atoms with van der Waals surface area (Å²) in [6, 6.07) is 2.80. The molecule has 0 amide bonds. The molecule has 1 aromatic carbocycles. The standard InChI is InChI=1S/C9H7F2N5O/c10-5-1-4(17)2-6(11)8(5)16-15-7(3-12)9(13)14/h1-2,16-17H,(H3,13,14)/b15-7+. The molecule has 6 nitrogen and oxygen atoms in total. The average molecular weight is 239 g/mol. The van der Waals surface area contributed by atoms with Gasteiger partial charge in [-0.15, -0.1) is 0 Å². The van der Waals surface area contributed by atoms with Crippen molar-refractivity contribution in [1.29, 1.82) is 10.7 Å². The molecule has 0 saturated heterocycles. The van der Waals surface area contributed by atoms with Gasteiger partial charge in [0.1, 0.15) is 17.5 Å². The molecule has 0 spiro atoms. The van der Waals surface area contributed by atoms with Gasteiger partial charge in [-0.2, -0.15) is 10.4 Å². The highest BCUT2D eigenvalue weighted by Gasteiger charge is 2.11. The van der Waals surface area contributed by atoms with Gasteiger partial charge in [-0.05, 0) is 0 Å². The van der Waals surface area contributed by atoms with Gasteiger partial charge in [0.25, 0.3) is 0 Å². The topological polar surface area (TPSA) is 118 Å². The molecule has 0 aliphatic carbocycles. The molecule has 1 aromatic rings. The quantitative estimate of drug-likeness (QED) is 0.271. The highest BCUT2D eigenvalue weighted by atomic mass is 19.1. The van der Waals surface area contributed by atoms with Crippen molar-refractivity contribution < 1.29 is 13.9 Å². The van der Waals surface area contributed by atoms with Crippen LogP contribution in [0.25, 0.3) is 0 Å². The van der Waals surface area contributed by atoms with Gasteiger partial charge in [0.2, 0.25) is 5.71 Å². The molecule has 0 aliphatic heterocycles. The molecule has 0 radical (unpaired) electrons. The van der Waals surface area contributed by atoms with Crippen molar-refractivity contribution in [2.24, 2.45) is 10.8 Å². The number of nitrogens with two attached hydrogens (primary N) is 1. The van der Waals surface area contributed by atoms with E-state index in [1.165, 1.54) is 6.07 Å². The Bertz CT molecular complexity index is 512. The molecular formula is C9H7F2N5O. The summed E-state index contributed by atoms with van der Waals surface area (Å²) in [5, 5.41) is 27.5. The number of nitrogens with one attached hydrogen (secondary N) is 2. The minimum atomic E-state index is -1.09. The summed E-state index contributed by atoms with van der Waals surface area (Å²) in [5.74, 6) is -3.40. The zero-order valence-electron chi connectivity index (χ0n) is 8.33. The summed E-state index contributed by atoms with van der Waals surface area (Å²) in [7, 11) is 0. The van der Waals surface area contributed by atoms with Gasteiger partial charge in [0, 0.05) is 12.1 Å². The zero-order valence-corrected chi connectivity index (χ0v) is 8.33. The third-order valence-corrected chi connectivity index (χ3v) is 1.67. The van der Waals surface area contributed by atoms with Crippen molar-refractivity contribution in [1.82, 2.24) is 0 Å². The maximum Gasteiger partial charge on any atom is 0.201 e. The molecule has 0 unspecified atom stereocenters. The molecule has 0 aromatic heterocycles. The molecule has 17 heavy (non-hydrogen) atoms. The monoisotopic (exact) mass is 239 g/mol. The lowest BCUT2D eigenvalue weighted by Crippen LogP contribution is -2.22.